The fourth-order valence-electron chi connectivity index (χ4n) is 8.18. The van der Waals surface area contributed by atoms with Gasteiger partial charge in [-0.25, -0.2) is 0 Å². The molecule has 0 aromatic heterocycles. The van der Waals surface area contributed by atoms with E-state index in [1.165, 1.54) is 93.5 Å². The molecule has 0 amide bonds. The molecule has 0 N–H and O–H groups in total. The fourth-order valence-corrected chi connectivity index (χ4v) is 8.18. The van der Waals surface area contributed by atoms with Gasteiger partial charge in [-0.05, 0) is 130 Å². The maximum Gasteiger partial charge on any atom is -0.00261 e. The van der Waals surface area contributed by atoms with E-state index in [0.29, 0.717) is 0 Å². The molecule has 0 nitrogen and oxygen atoms in total. The number of aryl methyl sites for hydroxylation is 1. The molecule has 0 spiro atoms. The number of fused-ring (bicyclic) bond motifs is 4. The summed E-state index contributed by atoms with van der Waals surface area (Å²) in [4.78, 5) is 0. The van der Waals surface area contributed by atoms with Crippen molar-refractivity contribution in [3.8, 4) is 33.4 Å². The van der Waals surface area contributed by atoms with Crippen LogP contribution in [-0.2, 0) is 11.8 Å². The highest BCUT2D eigenvalue weighted by Crippen LogP contribution is 2.46. The minimum absolute atomic E-state index is 0.0179. The Balaban J connectivity index is 1.31. The molecule has 0 heteroatoms. The third-order valence-electron chi connectivity index (χ3n) is 10.7. The summed E-state index contributed by atoms with van der Waals surface area (Å²) in [6.07, 6.45) is 4.61. The van der Waals surface area contributed by atoms with Crippen LogP contribution in [0.1, 0.15) is 49.4 Å². The number of hydrogen-bond acceptors (Lipinski definition) is 0. The molecule has 0 unspecified atom stereocenters. The van der Waals surface area contributed by atoms with E-state index < -0.39 is 0 Å². The van der Waals surface area contributed by atoms with E-state index in [-0.39, 0.29) is 5.41 Å². The lowest BCUT2D eigenvalue weighted by Gasteiger charge is -2.23. The fraction of sp³-hybridized carbons (Fsp3) is 0.120. The normalized spacial score (nSPS) is 13.1. The van der Waals surface area contributed by atoms with Gasteiger partial charge in [-0.2, -0.15) is 0 Å². The van der Waals surface area contributed by atoms with Crippen LogP contribution in [0.3, 0.4) is 0 Å². The highest BCUT2D eigenvalue weighted by Gasteiger charge is 2.22. The van der Waals surface area contributed by atoms with Crippen LogP contribution < -0.4 is 0 Å². The van der Waals surface area contributed by atoms with E-state index in [9.17, 15) is 0 Å². The summed E-state index contributed by atoms with van der Waals surface area (Å²) >= 11 is 0. The third kappa shape index (κ3) is 5.15. The maximum absolute atomic E-state index is 2.47. The monoisotopic (exact) mass is 640 g/mol. The van der Waals surface area contributed by atoms with E-state index >= 15 is 0 Å². The number of allylic oxidation sites excluding steroid dienone is 1. The molecule has 240 valence electrons. The molecule has 0 fully saturated rings. The SMILES string of the molecule is CC(C)(C)c1ccc2c(-c3cccc(-c4cccc5ccccc45)c3)c3ccccc3c(-c3cccc(C4=CCCc5ccccc54)c3)c2c1. The van der Waals surface area contributed by atoms with Crippen LogP contribution in [0, 0.1) is 0 Å². The molecule has 50 heavy (non-hydrogen) atoms. The van der Waals surface area contributed by atoms with Gasteiger partial charge in [0.2, 0.25) is 0 Å². The Bertz CT molecular complexity index is 2620. The van der Waals surface area contributed by atoms with E-state index in [2.05, 4.69) is 185 Å². The number of hydrogen-bond donors (Lipinski definition) is 0. The Morgan fingerprint density at radius 1 is 0.420 bits per heavy atom. The molecule has 0 heterocycles. The van der Waals surface area contributed by atoms with Crippen molar-refractivity contribution in [3.05, 3.63) is 186 Å². The standard InChI is InChI=1S/C50H40/c1-50(2,3)39-28-29-46-47(32-39)49(38-21-11-19-36(31-38)43-27-13-17-34-15-5-7-23-41(34)43)45-25-9-8-24-44(45)48(46)37-20-10-18-35(30-37)42-26-12-16-33-14-4-6-22-40(33)42/h4-12,14-16,18-32H,13,17H2,1-3H3. The van der Waals surface area contributed by atoms with Crippen molar-refractivity contribution >= 4 is 37.9 Å². The summed E-state index contributed by atoms with van der Waals surface area (Å²) < 4.78 is 0. The minimum atomic E-state index is 0.0179. The first-order chi connectivity index (χ1) is 24.4. The van der Waals surface area contributed by atoms with Crippen molar-refractivity contribution < 1.29 is 0 Å². The van der Waals surface area contributed by atoms with Gasteiger partial charge in [0.15, 0.2) is 0 Å². The van der Waals surface area contributed by atoms with Crippen molar-refractivity contribution in [2.75, 3.05) is 0 Å². The zero-order valence-corrected chi connectivity index (χ0v) is 29.0. The Morgan fingerprint density at radius 3 is 1.76 bits per heavy atom. The topological polar surface area (TPSA) is 0 Å². The van der Waals surface area contributed by atoms with Gasteiger partial charge >= 0.3 is 0 Å². The highest BCUT2D eigenvalue weighted by molar-refractivity contribution is 6.21. The summed E-state index contributed by atoms with van der Waals surface area (Å²) in [5, 5.41) is 7.70. The van der Waals surface area contributed by atoms with Crippen LogP contribution in [0.5, 0.6) is 0 Å². The predicted octanol–water partition coefficient (Wildman–Crippen LogP) is 13.8. The van der Waals surface area contributed by atoms with Gasteiger partial charge in [0.1, 0.15) is 0 Å². The molecule has 8 aromatic carbocycles. The largest absolute Gasteiger partial charge is 0.0757 e. The van der Waals surface area contributed by atoms with Crippen molar-refractivity contribution in [1.29, 1.82) is 0 Å². The van der Waals surface area contributed by atoms with Crippen molar-refractivity contribution in [1.82, 2.24) is 0 Å². The van der Waals surface area contributed by atoms with Crippen LogP contribution >= 0.6 is 0 Å². The average Bonchev–Trinajstić information content (AvgIpc) is 3.16. The van der Waals surface area contributed by atoms with Crippen LogP contribution in [0.4, 0.5) is 0 Å². The van der Waals surface area contributed by atoms with Crippen LogP contribution in [0.15, 0.2) is 164 Å². The van der Waals surface area contributed by atoms with Crippen LogP contribution in [0.2, 0.25) is 0 Å². The summed E-state index contributed by atoms with van der Waals surface area (Å²) in [5.41, 5.74) is 14.4. The van der Waals surface area contributed by atoms with E-state index in [1.54, 1.807) is 0 Å². The summed E-state index contributed by atoms with van der Waals surface area (Å²) in [6.45, 7) is 6.95. The molecular formula is C50H40. The molecule has 1 aliphatic rings. The van der Waals surface area contributed by atoms with Gasteiger partial charge < -0.3 is 0 Å². The zero-order valence-electron chi connectivity index (χ0n) is 29.0. The molecule has 9 rings (SSSR count). The molecular weight excluding hydrogens is 601 g/mol. The Labute approximate surface area is 295 Å². The summed E-state index contributed by atoms with van der Waals surface area (Å²) in [7, 11) is 0. The second-order valence-electron chi connectivity index (χ2n) is 14.8. The molecule has 0 bridgehead atoms. The van der Waals surface area contributed by atoms with E-state index in [1.807, 2.05) is 0 Å². The molecule has 0 aliphatic heterocycles. The van der Waals surface area contributed by atoms with Crippen molar-refractivity contribution in [2.45, 2.75) is 39.0 Å². The van der Waals surface area contributed by atoms with Crippen LogP contribution in [0.25, 0.3) is 71.3 Å². The lowest BCUT2D eigenvalue weighted by molar-refractivity contribution is 0.591. The van der Waals surface area contributed by atoms with Gasteiger partial charge in [0, 0.05) is 0 Å². The lowest BCUT2D eigenvalue weighted by Crippen LogP contribution is -2.10. The Hall–Kier alpha value is -5.72. The zero-order chi connectivity index (χ0) is 33.8. The Morgan fingerprint density at radius 2 is 0.980 bits per heavy atom. The predicted molar refractivity (Wildman–Crippen MR) is 216 cm³/mol. The second-order valence-corrected chi connectivity index (χ2v) is 14.8. The van der Waals surface area contributed by atoms with Crippen LogP contribution in [-0.4, -0.2) is 0 Å². The van der Waals surface area contributed by atoms with Gasteiger partial charge in [0.25, 0.3) is 0 Å². The van der Waals surface area contributed by atoms with Gasteiger partial charge in [0.05, 0.1) is 0 Å². The second kappa shape index (κ2) is 12.0. The van der Waals surface area contributed by atoms with Crippen molar-refractivity contribution in [3.63, 3.8) is 0 Å². The molecule has 1 aliphatic carbocycles. The maximum atomic E-state index is 2.47. The smallest absolute Gasteiger partial charge is 0.00261 e. The molecule has 8 aromatic rings. The Kier molecular flexibility index (Phi) is 7.29. The third-order valence-corrected chi connectivity index (χ3v) is 10.7. The van der Waals surface area contributed by atoms with E-state index in [4.69, 9.17) is 0 Å². The van der Waals surface area contributed by atoms with E-state index in [0.717, 1.165) is 12.8 Å². The molecule has 0 radical (unpaired) electrons. The summed E-state index contributed by atoms with van der Waals surface area (Å²) in [5.74, 6) is 0. The van der Waals surface area contributed by atoms with Gasteiger partial charge in [-0.3, -0.25) is 0 Å². The minimum Gasteiger partial charge on any atom is -0.0757 e. The lowest BCUT2D eigenvalue weighted by atomic mass is 9.80. The first kappa shape index (κ1) is 30.3. The highest BCUT2D eigenvalue weighted by atomic mass is 14.3. The first-order valence-corrected chi connectivity index (χ1v) is 17.9. The van der Waals surface area contributed by atoms with Gasteiger partial charge in [-0.15, -0.1) is 0 Å². The molecule has 0 saturated carbocycles. The average molecular weight is 641 g/mol. The summed E-state index contributed by atoms with van der Waals surface area (Å²) in [6, 6.07) is 58.9. The quantitative estimate of drug-likeness (QED) is 0.168. The van der Waals surface area contributed by atoms with Gasteiger partial charge in [-0.1, -0.05) is 166 Å². The number of rotatable bonds is 4. The molecule has 0 atom stereocenters. The molecule has 0 saturated heterocycles. The number of benzene rings is 8. The first-order valence-electron chi connectivity index (χ1n) is 17.9. The van der Waals surface area contributed by atoms with Crippen molar-refractivity contribution in [2.24, 2.45) is 0 Å².